The van der Waals surface area contributed by atoms with E-state index in [1.54, 1.807) is 0 Å². The molecule has 1 amide bonds. The van der Waals surface area contributed by atoms with Crippen LogP contribution in [0.4, 0.5) is 0 Å². The first-order chi connectivity index (χ1) is 12.9. The van der Waals surface area contributed by atoms with Gasteiger partial charge in [-0.25, -0.2) is 0 Å². The Hall–Kier alpha value is -2.55. The van der Waals surface area contributed by atoms with E-state index >= 15 is 0 Å². The Morgan fingerprint density at radius 3 is 2.37 bits per heavy atom. The van der Waals surface area contributed by atoms with Crippen LogP contribution in [0.3, 0.4) is 0 Å². The summed E-state index contributed by atoms with van der Waals surface area (Å²) in [6.45, 7) is 8.49. The summed E-state index contributed by atoms with van der Waals surface area (Å²) in [6.07, 6.45) is 3.93. The predicted molar refractivity (Wildman–Crippen MR) is 113 cm³/mol. The number of carbonyl (C=O) groups is 1. The number of para-hydroxylation sites is 1. The smallest absolute Gasteiger partial charge is 0.227 e. The van der Waals surface area contributed by atoms with E-state index in [-0.39, 0.29) is 17.9 Å². The fourth-order valence-corrected chi connectivity index (χ4v) is 3.61. The summed E-state index contributed by atoms with van der Waals surface area (Å²) in [7, 11) is 0. The minimum atomic E-state index is -0.150. The van der Waals surface area contributed by atoms with E-state index in [1.807, 2.05) is 25.3 Å². The first kappa shape index (κ1) is 19.2. The number of benzene rings is 2. The maximum Gasteiger partial charge on any atom is 0.227 e. The van der Waals surface area contributed by atoms with Crippen molar-refractivity contribution in [2.45, 2.75) is 52.5 Å². The maximum absolute atomic E-state index is 12.7. The number of amides is 1. The molecule has 2 N–H and O–H groups in total. The molecule has 0 aliphatic heterocycles. The van der Waals surface area contributed by atoms with E-state index in [0.717, 1.165) is 23.9 Å². The number of hydrogen-bond acceptors (Lipinski definition) is 1. The number of carbonyl (C=O) groups excluding carboxylic acids is 1. The number of aromatic nitrogens is 1. The molecule has 27 heavy (non-hydrogen) atoms. The molecule has 0 unspecified atom stereocenters. The molecule has 0 saturated carbocycles. The van der Waals surface area contributed by atoms with Crippen molar-refractivity contribution >= 4 is 16.8 Å². The highest BCUT2D eigenvalue weighted by atomic mass is 16.1. The molecule has 0 fully saturated rings. The highest BCUT2D eigenvalue weighted by Gasteiger charge is 2.18. The Morgan fingerprint density at radius 1 is 0.963 bits per heavy atom. The zero-order valence-electron chi connectivity index (χ0n) is 16.8. The van der Waals surface area contributed by atoms with Crippen molar-refractivity contribution < 1.29 is 4.79 Å². The molecule has 0 aliphatic carbocycles. The molecule has 0 radical (unpaired) electrons. The highest BCUT2D eigenvalue weighted by Crippen LogP contribution is 2.20. The van der Waals surface area contributed by atoms with E-state index in [4.69, 9.17) is 0 Å². The van der Waals surface area contributed by atoms with Gasteiger partial charge in [0, 0.05) is 23.1 Å². The molecule has 0 saturated heterocycles. The average Bonchev–Trinajstić information content (AvgIpc) is 3.04. The maximum atomic E-state index is 12.7. The van der Waals surface area contributed by atoms with Crippen LogP contribution in [0.5, 0.6) is 0 Å². The van der Waals surface area contributed by atoms with Crippen molar-refractivity contribution in [3.05, 3.63) is 71.4 Å². The monoisotopic (exact) mass is 362 g/mol. The van der Waals surface area contributed by atoms with Gasteiger partial charge in [0.25, 0.3) is 0 Å². The van der Waals surface area contributed by atoms with Crippen molar-refractivity contribution in [1.29, 1.82) is 0 Å². The number of nitrogens with one attached hydrogen (secondary N) is 2. The van der Waals surface area contributed by atoms with Gasteiger partial charge in [0.2, 0.25) is 5.91 Å². The first-order valence-corrected chi connectivity index (χ1v) is 9.88. The van der Waals surface area contributed by atoms with E-state index in [1.165, 1.54) is 16.5 Å². The molecule has 3 aromatic rings. The van der Waals surface area contributed by atoms with Gasteiger partial charge in [0.15, 0.2) is 0 Å². The molecule has 2 atom stereocenters. The lowest BCUT2D eigenvalue weighted by atomic mass is 9.96. The largest absolute Gasteiger partial charge is 0.361 e. The summed E-state index contributed by atoms with van der Waals surface area (Å²) in [4.78, 5) is 16.0. The molecule has 3 rings (SSSR count). The fourth-order valence-electron chi connectivity index (χ4n) is 3.61. The summed E-state index contributed by atoms with van der Waals surface area (Å²) >= 11 is 0. The third-order valence-corrected chi connectivity index (χ3v) is 5.11. The summed E-state index contributed by atoms with van der Waals surface area (Å²) in [6, 6.07) is 16.8. The molecule has 142 valence electrons. The quantitative estimate of drug-likeness (QED) is 0.595. The van der Waals surface area contributed by atoms with Gasteiger partial charge in [-0.3, -0.25) is 4.79 Å². The highest BCUT2D eigenvalue weighted by molar-refractivity contribution is 5.84. The van der Waals surface area contributed by atoms with Gasteiger partial charge in [-0.2, -0.15) is 0 Å². The standard InChI is InChI=1S/C24H30N2O/c1-16(2)13-19-9-11-20(12-10-19)18(4)24(27)26-17(3)14-21-15-25-23-8-6-5-7-22(21)23/h5-12,15-18,25H,13-14H2,1-4H3,(H,26,27)/t17-,18-/m0/s1. The zero-order valence-corrected chi connectivity index (χ0v) is 16.8. The Morgan fingerprint density at radius 2 is 1.67 bits per heavy atom. The molecular formula is C24H30N2O. The second kappa shape index (κ2) is 8.43. The van der Waals surface area contributed by atoms with Crippen molar-refractivity contribution in [2.75, 3.05) is 0 Å². The van der Waals surface area contributed by atoms with Crippen LogP contribution in [-0.2, 0) is 17.6 Å². The molecule has 0 bridgehead atoms. The molecule has 2 aromatic carbocycles. The van der Waals surface area contributed by atoms with Crippen LogP contribution < -0.4 is 5.32 Å². The minimum Gasteiger partial charge on any atom is -0.361 e. The molecule has 3 nitrogen and oxygen atoms in total. The van der Waals surface area contributed by atoms with E-state index in [0.29, 0.717) is 5.92 Å². The van der Waals surface area contributed by atoms with Crippen LogP contribution in [0, 0.1) is 5.92 Å². The Balaban J connectivity index is 1.60. The summed E-state index contributed by atoms with van der Waals surface area (Å²) < 4.78 is 0. The number of rotatable bonds is 7. The normalized spacial score (nSPS) is 13.7. The Labute approximate surface area is 162 Å². The molecule has 0 spiro atoms. The van der Waals surface area contributed by atoms with Crippen molar-refractivity contribution in [3.8, 4) is 0 Å². The second-order valence-corrected chi connectivity index (χ2v) is 8.03. The first-order valence-electron chi connectivity index (χ1n) is 9.88. The number of fused-ring (bicyclic) bond motifs is 1. The second-order valence-electron chi connectivity index (χ2n) is 8.03. The van der Waals surface area contributed by atoms with Gasteiger partial charge in [0.05, 0.1) is 5.92 Å². The van der Waals surface area contributed by atoms with Crippen LogP contribution in [-0.4, -0.2) is 16.9 Å². The minimum absolute atomic E-state index is 0.0824. The van der Waals surface area contributed by atoms with Crippen molar-refractivity contribution in [2.24, 2.45) is 5.92 Å². The fraction of sp³-hybridized carbons (Fsp3) is 0.375. The van der Waals surface area contributed by atoms with Crippen LogP contribution in [0.1, 0.15) is 50.3 Å². The summed E-state index contributed by atoms with van der Waals surface area (Å²) in [5.41, 5.74) is 4.78. The third-order valence-electron chi connectivity index (χ3n) is 5.11. The molecule has 0 aliphatic rings. The number of hydrogen-bond donors (Lipinski definition) is 2. The van der Waals surface area contributed by atoms with Gasteiger partial charge in [-0.15, -0.1) is 0 Å². The van der Waals surface area contributed by atoms with Gasteiger partial charge < -0.3 is 10.3 Å². The molecule has 1 aromatic heterocycles. The van der Waals surface area contributed by atoms with Crippen LogP contribution >= 0.6 is 0 Å². The van der Waals surface area contributed by atoms with E-state index in [2.05, 4.69) is 67.5 Å². The van der Waals surface area contributed by atoms with E-state index < -0.39 is 0 Å². The number of aromatic amines is 1. The Bertz CT molecular complexity index is 892. The predicted octanol–water partition coefficient (Wildman–Crippen LogP) is 5.22. The lowest BCUT2D eigenvalue weighted by molar-refractivity contribution is -0.122. The SMILES string of the molecule is CC(C)Cc1ccc([C@H](C)C(=O)N[C@@H](C)Cc2c[nH]c3ccccc23)cc1. The van der Waals surface area contributed by atoms with E-state index in [9.17, 15) is 4.79 Å². The zero-order chi connectivity index (χ0) is 19.4. The number of H-pyrrole nitrogens is 1. The average molecular weight is 363 g/mol. The lowest BCUT2D eigenvalue weighted by Crippen LogP contribution is -2.36. The van der Waals surface area contributed by atoms with Gasteiger partial charge in [0.1, 0.15) is 0 Å². The van der Waals surface area contributed by atoms with Crippen LogP contribution in [0.15, 0.2) is 54.7 Å². The third kappa shape index (κ3) is 4.79. The molecule has 1 heterocycles. The van der Waals surface area contributed by atoms with Gasteiger partial charge in [-0.05, 0) is 55.4 Å². The lowest BCUT2D eigenvalue weighted by Gasteiger charge is -2.18. The molecular weight excluding hydrogens is 332 g/mol. The Kier molecular flexibility index (Phi) is 6.00. The van der Waals surface area contributed by atoms with Crippen molar-refractivity contribution in [1.82, 2.24) is 10.3 Å². The van der Waals surface area contributed by atoms with Gasteiger partial charge in [-0.1, -0.05) is 56.3 Å². The van der Waals surface area contributed by atoms with Crippen LogP contribution in [0.2, 0.25) is 0 Å². The van der Waals surface area contributed by atoms with Gasteiger partial charge >= 0.3 is 0 Å². The van der Waals surface area contributed by atoms with Crippen LogP contribution in [0.25, 0.3) is 10.9 Å². The summed E-state index contributed by atoms with van der Waals surface area (Å²) in [5.74, 6) is 0.574. The van der Waals surface area contributed by atoms with Crippen molar-refractivity contribution in [3.63, 3.8) is 0 Å². The topological polar surface area (TPSA) is 44.9 Å². The summed E-state index contributed by atoms with van der Waals surface area (Å²) in [5, 5.41) is 4.40. The molecule has 3 heteroatoms.